The van der Waals surface area contributed by atoms with E-state index in [9.17, 15) is 14.9 Å². The van der Waals surface area contributed by atoms with Crippen molar-refractivity contribution in [1.82, 2.24) is 0 Å². The second-order valence-electron chi connectivity index (χ2n) is 3.06. The van der Waals surface area contributed by atoms with Crippen LogP contribution in [0, 0.1) is 10.1 Å². The Morgan fingerprint density at radius 2 is 2.19 bits per heavy atom. The number of Topliss-reactive ketones (excluding diaryl/α,β-unsaturated/α-hetero) is 1. The van der Waals surface area contributed by atoms with Crippen molar-refractivity contribution in [2.24, 2.45) is 0 Å². The number of hydrogen-bond acceptors (Lipinski definition) is 3. The Balaban J connectivity index is 3.24. The Morgan fingerprint density at radius 3 is 2.69 bits per heavy atom. The highest BCUT2D eigenvalue weighted by atomic mass is 79.9. The number of hydrogen-bond donors (Lipinski definition) is 0. The summed E-state index contributed by atoms with van der Waals surface area (Å²) in [6, 6.07) is 4.47. The molecule has 86 valence electrons. The maximum atomic E-state index is 11.7. The van der Waals surface area contributed by atoms with Crippen LogP contribution in [0.2, 0.25) is 0 Å². The number of halogens is 2. The van der Waals surface area contributed by atoms with Crippen LogP contribution in [0.25, 0.3) is 0 Å². The highest BCUT2D eigenvalue weighted by Gasteiger charge is 2.19. The van der Waals surface area contributed by atoms with Crippen molar-refractivity contribution in [2.75, 3.05) is 5.88 Å². The summed E-state index contributed by atoms with van der Waals surface area (Å²) in [7, 11) is 0. The molecule has 0 radical (unpaired) electrons. The van der Waals surface area contributed by atoms with Crippen LogP contribution in [0.1, 0.15) is 22.3 Å². The third-order valence-electron chi connectivity index (χ3n) is 2.10. The van der Waals surface area contributed by atoms with Gasteiger partial charge < -0.3 is 0 Å². The Hall–Kier alpha value is -0.940. The molecule has 0 amide bonds. The van der Waals surface area contributed by atoms with E-state index in [1.165, 1.54) is 12.1 Å². The smallest absolute Gasteiger partial charge is 0.274 e. The van der Waals surface area contributed by atoms with E-state index in [1.54, 1.807) is 6.07 Å². The molecule has 0 bridgehead atoms. The number of nitro benzene ring substituents is 1. The van der Waals surface area contributed by atoms with E-state index in [2.05, 4.69) is 15.9 Å². The van der Waals surface area contributed by atoms with Gasteiger partial charge in [-0.3, -0.25) is 14.9 Å². The van der Waals surface area contributed by atoms with Crippen LogP contribution in [-0.2, 0) is 5.33 Å². The molecule has 0 spiro atoms. The van der Waals surface area contributed by atoms with Crippen LogP contribution < -0.4 is 0 Å². The van der Waals surface area contributed by atoms with Gasteiger partial charge in [0.05, 0.1) is 10.5 Å². The second kappa shape index (κ2) is 5.96. The molecule has 0 heterocycles. The standard InChI is InChI=1S/C10H9BrClNO3/c11-6-8-7(10(14)4-5-12)2-1-3-9(8)13(15)16/h1-3H,4-6H2. The summed E-state index contributed by atoms with van der Waals surface area (Å²) in [5.74, 6) is 0.0385. The lowest BCUT2D eigenvalue weighted by Gasteiger charge is -2.05. The maximum Gasteiger partial charge on any atom is 0.274 e. The average molecular weight is 307 g/mol. The summed E-state index contributed by atoms with van der Waals surface area (Å²) in [5, 5.41) is 11.0. The molecule has 1 aromatic rings. The number of carbonyl (C=O) groups excluding carboxylic acids is 1. The summed E-state index contributed by atoms with van der Waals surface area (Å²) in [5.41, 5.74) is 0.728. The van der Waals surface area contributed by atoms with Gasteiger partial charge >= 0.3 is 0 Å². The van der Waals surface area contributed by atoms with Gasteiger partial charge in [0.25, 0.3) is 5.69 Å². The molecular formula is C10H9BrClNO3. The normalized spacial score (nSPS) is 10.1. The Bertz CT molecular complexity index is 423. The van der Waals surface area contributed by atoms with Gasteiger partial charge in [-0.25, -0.2) is 0 Å². The second-order valence-corrected chi connectivity index (χ2v) is 3.99. The Kier molecular flexibility index (Phi) is 4.89. The fourth-order valence-electron chi connectivity index (χ4n) is 1.37. The molecule has 0 fully saturated rings. The molecule has 0 unspecified atom stereocenters. The lowest BCUT2D eigenvalue weighted by molar-refractivity contribution is -0.385. The molecule has 0 aromatic heterocycles. The number of nitro groups is 1. The molecule has 0 atom stereocenters. The molecule has 0 saturated carbocycles. The van der Waals surface area contributed by atoms with Crippen molar-refractivity contribution in [2.45, 2.75) is 11.8 Å². The molecule has 1 rings (SSSR count). The maximum absolute atomic E-state index is 11.7. The van der Waals surface area contributed by atoms with Gasteiger partial charge in [0.15, 0.2) is 5.78 Å². The average Bonchev–Trinajstić information content (AvgIpc) is 2.28. The van der Waals surface area contributed by atoms with E-state index in [-0.39, 0.29) is 29.1 Å². The zero-order chi connectivity index (χ0) is 12.1. The first-order valence-electron chi connectivity index (χ1n) is 4.53. The van der Waals surface area contributed by atoms with Crippen LogP contribution in [0.15, 0.2) is 18.2 Å². The molecule has 16 heavy (non-hydrogen) atoms. The molecule has 0 aliphatic heterocycles. The number of carbonyl (C=O) groups is 1. The fourth-order valence-corrected chi connectivity index (χ4v) is 2.13. The third kappa shape index (κ3) is 2.80. The third-order valence-corrected chi connectivity index (χ3v) is 2.85. The van der Waals surface area contributed by atoms with Crippen molar-refractivity contribution in [3.63, 3.8) is 0 Å². The van der Waals surface area contributed by atoms with Crippen molar-refractivity contribution in [1.29, 1.82) is 0 Å². The van der Waals surface area contributed by atoms with Gasteiger partial charge in [-0.05, 0) is 0 Å². The highest BCUT2D eigenvalue weighted by Crippen LogP contribution is 2.25. The molecule has 1 aromatic carbocycles. The minimum atomic E-state index is -0.492. The van der Waals surface area contributed by atoms with E-state index in [4.69, 9.17) is 11.6 Å². The van der Waals surface area contributed by atoms with Crippen molar-refractivity contribution < 1.29 is 9.72 Å². The monoisotopic (exact) mass is 305 g/mol. The zero-order valence-electron chi connectivity index (χ0n) is 8.28. The number of benzene rings is 1. The van der Waals surface area contributed by atoms with Crippen molar-refractivity contribution in [3.8, 4) is 0 Å². The van der Waals surface area contributed by atoms with Gasteiger partial charge in [0, 0.05) is 29.3 Å². The molecule has 0 saturated heterocycles. The molecule has 0 N–H and O–H groups in total. The van der Waals surface area contributed by atoms with Crippen LogP contribution in [0.3, 0.4) is 0 Å². The number of ketones is 1. The predicted molar refractivity (Wildman–Crippen MR) is 65.4 cm³/mol. The van der Waals surface area contributed by atoms with E-state index in [0.717, 1.165) is 0 Å². The van der Waals surface area contributed by atoms with Crippen LogP contribution in [0.5, 0.6) is 0 Å². The quantitative estimate of drug-likeness (QED) is 0.363. The molecule has 0 aliphatic rings. The zero-order valence-corrected chi connectivity index (χ0v) is 10.6. The Morgan fingerprint density at radius 1 is 1.50 bits per heavy atom. The first-order valence-corrected chi connectivity index (χ1v) is 6.18. The first kappa shape index (κ1) is 13.1. The largest absolute Gasteiger partial charge is 0.294 e. The molecular weight excluding hydrogens is 297 g/mol. The molecule has 4 nitrogen and oxygen atoms in total. The lowest BCUT2D eigenvalue weighted by Crippen LogP contribution is -2.06. The van der Waals surface area contributed by atoms with Crippen LogP contribution in [-0.4, -0.2) is 16.6 Å². The summed E-state index contributed by atoms with van der Waals surface area (Å²) in [6.07, 6.45) is 0.183. The summed E-state index contributed by atoms with van der Waals surface area (Å²) >= 11 is 8.63. The minimum absolute atomic E-state index is 0.0442. The lowest BCUT2D eigenvalue weighted by atomic mass is 10.0. The topological polar surface area (TPSA) is 60.2 Å². The summed E-state index contributed by atoms with van der Waals surface area (Å²) in [4.78, 5) is 21.9. The van der Waals surface area contributed by atoms with E-state index >= 15 is 0 Å². The number of rotatable bonds is 5. The van der Waals surface area contributed by atoms with Gasteiger partial charge in [-0.2, -0.15) is 0 Å². The van der Waals surface area contributed by atoms with Gasteiger partial charge in [0.1, 0.15) is 0 Å². The highest BCUT2D eigenvalue weighted by molar-refractivity contribution is 9.08. The Labute approximate surface area is 106 Å². The van der Waals surface area contributed by atoms with Crippen LogP contribution in [0.4, 0.5) is 5.69 Å². The van der Waals surface area contributed by atoms with Crippen LogP contribution >= 0.6 is 27.5 Å². The fraction of sp³-hybridized carbons (Fsp3) is 0.300. The minimum Gasteiger partial charge on any atom is -0.294 e. The summed E-state index contributed by atoms with van der Waals surface area (Å²) < 4.78 is 0. The molecule has 6 heteroatoms. The molecule has 0 aliphatic carbocycles. The van der Waals surface area contributed by atoms with Gasteiger partial charge in [0.2, 0.25) is 0 Å². The van der Waals surface area contributed by atoms with E-state index in [1.807, 2.05) is 0 Å². The first-order chi connectivity index (χ1) is 7.61. The number of alkyl halides is 2. The van der Waals surface area contributed by atoms with E-state index in [0.29, 0.717) is 11.1 Å². The SMILES string of the molecule is O=C(CCCl)c1cccc([N+](=O)[O-])c1CBr. The predicted octanol–water partition coefficient (Wildman–Crippen LogP) is 3.30. The van der Waals surface area contributed by atoms with Crippen molar-refractivity contribution in [3.05, 3.63) is 39.4 Å². The summed E-state index contributed by atoms with van der Waals surface area (Å²) in [6.45, 7) is 0. The number of nitrogens with zero attached hydrogens (tertiary/aromatic N) is 1. The van der Waals surface area contributed by atoms with Crippen molar-refractivity contribution >= 4 is 39.0 Å². The van der Waals surface area contributed by atoms with E-state index < -0.39 is 4.92 Å². The van der Waals surface area contributed by atoms with Gasteiger partial charge in [-0.15, -0.1) is 11.6 Å². The van der Waals surface area contributed by atoms with Gasteiger partial charge in [-0.1, -0.05) is 28.1 Å².